The molecule has 1 heterocycles. The van der Waals surface area contributed by atoms with Gasteiger partial charge in [0.1, 0.15) is 0 Å². The van der Waals surface area contributed by atoms with Crippen molar-refractivity contribution in [3.05, 3.63) is 48.3 Å². The zero-order chi connectivity index (χ0) is 8.67. The number of hydrogen-bond donors (Lipinski definition) is 0. The average molecular weight is 169 g/mol. The summed E-state index contributed by atoms with van der Waals surface area (Å²) in [6.45, 7) is 0. The molecule has 13 heavy (non-hydrogen) atoms. The first-order valence-corrected chi connectivity index (χ1v) is 4.75. The molecule has 2 atom stereocenters. The van der Waals surface area contributed by atoms with Crippen LogP contribution in [0.3, 0.4) is 0 Å². The third-order valence-corrected chi connectivity index (χ3v) is 2.77. The molecule has 1 nitrogen and oxygen atoms in total. The van der Waals surface area contributed by atoms with Crippen molar-refractivity contribution in [2.45, 2.75) is 6.42 Å². The van der Waals surface area contributed by atoms with Crippen LogP contribution in [0.5, 0.6) is 0 Å². The highest BCUT2D eigenvalue weighted by atomic mass is 14.7. The molecule has 2 aliphatic carbocycles. The standard InChI is InChI=1S/C12H11N/c1-2-6-13-12(3-1)10-5-4-9-7-11(9)8-10/h1-6,8-9,11H,7H2/t9-,11?/m1/s1. The van der Waals surface area contributed by atoms with Crippen LogP contribution in [0.4, 0.5) is 0 Å². The molecule has 0 radical (unpaired) electrons. The molecule has 1 aromatic rings. The summed E-state index contributed by atoms with van der Waals surface area (Å²) >= 11 is 0. The first-order chi connectivity index (χ1) is 6.43. The summed E-state index contributed by atoms with van der Waals surface area (Å²) in [4.78, 5) is 4.34. The van der Waals surface area contributed by atoms with E-state index in [0.717, 1.165) is 17.5 Å². The maximum Gasteiger partial charge on any atom is 0.0698 e. The number of rotatable bonds is 1. The van der Waals surface area contributed by atoms with Crippen LogP contribution in [0.15, 0.2) is 42.6 Å². The molecule has 0 aliphatic heterocycles. The fourth-order valence-electron chi connectivity index (χ4n) is 1.87. The molecule has 1 heteroatoms. The van der Waals surface area contributed by atoms with Gasteiger partial charge < -0.3 is 0 Å². The Morgan fingerprint density at radius 3 is 3.00 bits per heavy atom. The molecule has 64 valence electrons. The minimum absolute atomic E-state index is 0.807. The number of hydrogen-bond acceptors (Lipinski definition) is 1. The van der Waals surface area contributed by atoms with Crippen molar-refractivity contribution in [2.24, 2.45) is 11.8 Å². The minimum atomic E-state index is 0.807. The fraction of sp³-hybridized carbons (Fsp3) is 0.250. The molecule has 1 unspecified atom stereocenters. The third-order valence-electron chi connectivity index (χ3n) is 2.77. The monoisotopic (exact) mass is 169 g/mol. The van der Waals surface area contributed by atoms with Crippen LogP contribution in [-0.2, 0) is 0 Å². The van der Waals surface area contributed by atoms with E-state index in [1.807, 2.05) is 18.3 Å². The van der Waals surface area contributed by atoms with Gasteiger partial charge in [-0.25, -0.2) is 0 Å². The van der Waals surface area contributed by atoms with Gasteiger partial charge in [-0.2, -0.15) is 0 Å². The topological polar surface area (TPSA) is 12.9 Å². The molecule has 1 saturated carbocycles. The number of pyridine rings is 1. The SMILES string of the molecule is C1=C[C@@H]2CC2C=C1c1ccccn1. The normalized spacial score (nSPS) is 29.4. The highest BCUT2D eigenvalue weighted by Crippen LogP contribution is 2.45. The van der Waals surface area contributed by atoms with Gasteiger partial charge in [0.15, 0.2) is 0 Å². The lowest BCUT2D eigenvalue weighted by Crippen LogP contribution is -1.90. The predicted molar refractivity (Wildman–Crippen MR) is 53.0 cm³/mol. The van der Waals surface area contributed by atoms with Gasteiger partial charge in [-0.1, -0.05) is 24.3 Å². The Hall–Kier alpha value is -1.37. The summed E-state index contributed by atoms with van der Waals surface area (Å²) in [6, 6.07) is 6.06. The molecule has 0 aromatic carbocycles. The van der Waals surface area contributed by atoms with E-state index in [-0.39, 0.29) is 0 Å². The Morgan fingerprint density at radius 2 is 2.23 bits per heavy atom. The van der Waals surface area contributed by atoms with E-state index in [1.165, 1.54) is 12.0 Å². The van der Waals surface area contributed by atoms with E-state index in [0.29, 0.717) is 0 Å². The lowest BCUT2D eigenvalue weighted by atomic mass is 10.0. The number of aromatic nitrogens is 1. The smallest absolute Gasteiger partial charge is 0.0698 e. The molecule has 0 saturated heterocycles. The van der Waals surface area contributed by atoms with E-state index in [2.05, 4.69) is 29.3 Å². The van der Waals surface area contributed by atoms with E-state index >= 15 is 0 Å². The zero-order valence-electron chi connectivity index (χ0n) is 7.35. The summed E-state index contributed by atoms with van der Waals surface area (Å²) in [5.41, 5.74) is 2.39. The lowest BCUT2D eigenvalue weighted by molar-refractivity contribution is 0.982. The van der Waals surface area contributed by atoms with Crippen LogP contribution in [0.25, 0.3) is 5.57 Å². The molecule has 1 aromatic heterocycles. The summed E-state index contributed by atoms with van der Waals surface area (Å²) in [7, 11) is 0. The number of allylic oxidation sites excluding steroid dienone is 4. The zero-order valence-corrected chi connectivity index (χ0v) is 7.35. The van der Waals surface area contributed by atoms with Crippen LogP contribution >= 0.6 is 0 Å². The van der Waals surface area contributed by atoms with Gasteiger partial charge in [0.25, 0.3) is 0 Å². The lowest BCUT2D eigenvalue weighted by Gasteiger charge is -2.04. The second kappa shape index (κ2) is 2.56. The molecular weight excluding hydrogens is 158 g/mol. The molecule has 3 rings (SSSR count). The fourth-order valence-corrected chi connectivity index (χ4v) is 1.87. The van der Waals surface area contributed by atoms with Crippen molar-refractivity contribution in [1.82, 2.24) is 4.98 Å². The number of nitrogens with zero attached hydrogens (tertiary/aromatic N) is 1. The second-order valence-corrected chi connectivity index (χ2v) is 3.76. The van der Waals surface area contributed by atoms with Gasteiger partial charge in [0, 0.05) is 6.20 Å². The Bertz CT molecular complexity index is 375. The van der Waals surface area contributed by atoms with Gasteiger partial charge in [-0.15, -0.1) is 0 Å². The Kier molecular flexibility index (Phi) is 1.39. The first-order valence-electron chi connectivity index (χ1n) is 4.75. The maximum absolute atomic E-state index is 4.34. The van der Waals surface area contributed by atoms with Crippen molar-refractivity contribution in [2.75, 3.05) is 0 Å². The van der Waals surface area contributed by atoms with Crippen molar-refractivity contribution < 1.29 is 0 Å². The van der Waals surface area contributed by atoms with Gasteiger partial charge in [-0.3, -0.25) is 4.98 Å². The van der Waals surface area contributed by atoms with E-state index in [1.54, 1.807) is 0 Å². The number of fused-ring (bicyclic) bond motifs is 1. The van der Waals surface area contributed by atoms with Crippen LogP contribution in [0.1, 0.15) is 12.1 Å². The molecule has 0 spiro atoms. The summed E-state index contributed by atoms with van der Waals surface area (Å²) < 4.78 is 0. The molecular formula is C12H11N. The highest BCUT2D eigenvalue weighted by molar-refractivity contribution is 5.73. The predicted octanol–water partition coefficient (Wildman–Crippen LogP) is 2.67. The van der Waals surface area contributed by atoms with E-state index in [4.69, 9.17) is 0 Å². The van der Waals surface area contributed by atoms with Crippen molar-refractivity contribution in [3.63, 3.8) is 0 Å². The first kappa shape index (κ1) is 7.07. The molecule has 2 aliphatic rings. The van der Waals surface area contributed by atoms with Crippen LogP contribution < -0.4 is 0 Å². The summed E-state index contributed by atoms with van der Waals surface area (Å²) in [5.74, 6) is 1.65. The van der Waals surface area contributed by atoms with Crippen LogP contribution in [-0.4, -0.2) is 4.98 Å². The second-order valence-electron chi connectivity index (χ2n) is 3.76. The molecule has 0 amide bonds. The van der Waals surface area contributed by atoms with Crippen LogP contribution in [0.2, 0.25) is 0 Å². The van der Waals surface area contributed by atoms with Gasteiger partial charge in [0.2, 0.25) is 0 Å². The Labute approximate surface area is 77.8 Å². The minimum Gasteiger partial charge on any atom is -0.256 e. The third kappa shape index (κ3) is 1.21. The van der Waals surface area contributed by atoms with Crippen molar-refractivity contribution in [1.29, 1.82) is 0 Å². The quantitative estimate of drug-likeness (QED) is 0.629. The molecule has 0 bridgehead atoms. The maximum atomic E-state index is 4.34. The molecule has 0 N–H and O–H groups in total. The Balaban J connectivity index is 1.98. The van der Waals surface area contributed by atoms with Crippen LogP contribution in [0, 0.1) is 11.8 Å². The summed E-state index contributed by atoms with van der Waals surface area (Å²) in [6.07, 6.45) is 10.1. The van der Waals surface area contributed by atoms with E-state index < -0.39 is 0 Å². The van der Waals surface area contributed by atoms with Gasteiger partial charge in [0.05, 0.1) is 5.69 Å². The van der Waals surface area contributed by atoms with Crippen molar-refractivity contribution in [3.8, 4) is 0 Å². The van der Waals surface area contributed by atoms with E-state index in [9.17, 15) is 0 Å². The van der Waals surface area contributed by atoms with Crippen molar-refractivity contribution >= 4 is 5.57 Å². The highest BCUT2D eigenvalue weighted by Gasteiger charge is 2.35. The average Bonchev–Trinajstić information content (AvgIpc) is 2.96. The van der Waals surface area contributed by atoms with Gasteiger partial charge in [-0.05, 0) is 36.0 Å². The summed E-state index contributed by atoms with van der Waals surface area (Å²) in [5, 5.41) is 0. The van der Waals surface area contributed by atoms with Gasteiger partial charge >= 0.3 is 0 Å². The largest absolute Gasteiger partial charge is 0.256 e. The Morgan fingerprint density at radius 1 is 1.23 bits per heavy atom. The molecule has 1 fully saturated rings.